The Bertz CT molecular complexity index is 853. The van der Waals surface area contributed by atoms with Gasteiger partial charge in [0.2, 0.25) is 5.91 Å². The number of halogens is 1. The highest BCUT2D eigenvalue weighted by Crippen LogP contribution is 2.31. The zero-order valence-corrected chi connectivity index (χ0v) is 15.7. The highest BCUT2D eigenvalue weighted by molar-refractivity contribution is 6.01. The minimum Gasteiger partial charge on any atom is -0.392 e. The first kappa shape index (κ1) is 19.3. The molecule has 0 unspecified atom stereocenters. The maximum Gasteiger partial charge on any atom is 0.224 e. The molecule has 0 aliphatic heterocycles. The highest BCUT2D eigenvalue weighted by atomic mass is 19.1. The number of rotatable bonds is 6. The number of hydrogen-bond donors (Lipinski definition) is 2. The maximum absolute atomic E-state index is 13.2. The van der Waals surface area contributed by atoms with E-state index in [9.17, 15) is 19.1 Å². The largest absolute Gasteiger partial charge is 0.392 e. The van der Waals surface area contributed by atoms with Crippen molar-refractivity contribution in [2.75, 3.05) is 6.54 Å². The number of ketones is 1. The first-order valence-corrected chi connectivity index (χ1v) is 9.30. The monoisotopic (exact) mass is 372 g/mol. The molecule has 3 rings (SSSR count). The molecule has 0 fully saturated rings. The number of carbonyl (C=O) groups excluding carboxylic acids is 2. The van der Waals surface area contributed by atoms with Crippen molar-refractivity contribution in [1.82, 2.24) is 9.88 Å². The maximum atomic E-state index is 13.2. The van der Waals surface area contributed by atoms with Crippen molar-refractivity contribution in [3.63, 3.8) is 0 Å². The van der Waals surface area contributed by atoms with E-state index in [0.717, 1.165) is 35.4 Å². The van der Waals surface area contributed by atoms with Gasteiger partial charge in [0.25, 0.3) is 0 Å². The predicted octanol–water partition coefficient (Wildman–Crippen LogP) is 2.54. The number of hydrogen-bond acceptors (Lipinski definition) is 3. The Labute approximate surface area is 158 Å². The van der Waals surface area contributed by atoms with Crippen molar-refractivity contribution < 1.29 is 19.1 Å². The van der Waals surface area contributed by atoms with Gasteiger partial charge in [-0.15, -0.1) is 0 Å². The number of nitrogens with zero attached hydrogens (tertiary/aromatic N) is 1. The minimum atomic E-state index is -0.617. The van der Waals surface area contributed by atoms with Crippen molar-refractivity contribution in [1.29, 1.82) is 0 Å². The zero-order valence-electron chi connectivity index (χ0n) is 15.7. The fourth-order valence-corrected chi connectivity index (χ4v) is 3.67. The van der Waals surface area contributed by atoms with Crippen LogP contribution in [0.1, 0.15) is 52.6 Å². The van der Waals surface area contributed by atoms with Gasteiger partial charge in [-0.1, -0.05) is 12.1 Å². The fraction of sp³-hybridized carbons (Fsp3) is 0.429. The van der Waals surface area contributed by atoms with Gasteiger partial charge in [-0.2, -0.15) is 0 Å². The van der Waals surface area contributed by atoms with Crippen LogP contribution in [0, 0.1) is 12.7 Å². The molecule has 6 heteroatoms. The Kier molecular flexibility index (Phi) is 5.75. The van der Waals surface area contributed by atoms with Crippen LogP contribution in [0.25, 0.3) is 0 Å². The number of aromatic nitrogens is 1. The molecule has 1 heterocycles. The SMILES string of the molecule is Cc1c(CC(=O)NC[C@@H](C)O)c2c(n1Cc1ccc(F)cc1)CCCC2=O. The van der Waals surface area contributed by atoms with Crippen LogP contribution in [0.5, 0.6) is 0 Å². The Hall–Kier alpha value is -2.47. The molecule has 2 N–H and O–H groups in total. The van der Waals surface area contributed by atoms with Gasteiger partial charge >= 0.3 is 0 Å². The summed E-state index contributed by atoms with van der Waals surface area (Å²) in [6.45, 7) is 4.25. The van der Waals surface area contributed by atoms with E-state index >= 15 is 0 Å². The third-order valence-corrected chi connectivity index (χ3v) is 5.04. The van der Waals surface area contributed by atoms with Crippen LogP contribution in [0.4, 0.5) is 4.39 Å². The summed E-state index contributed by atoms with van der Waals surface area (Å²) in [5.41, 5.74) is 4.24. The number of fused-ring (bicyclic) bond motifs is 1. The number of nitrogens with one attached hydrogen (secondary N) is 1. The molecule has 0 radical (unpaired) electrons. The van der Waals surface area contributed by atoms with Gasteiger partial charge in [-0.25, -0.2) is 4.39 Å². The summed E-state index contributed by atoms with van der Waals surface area (Å²) in [5, 5.41) is 12.0. The molecule has 0 saturated heterocycles. The lowest BCUT2D eigenvalue weighted by atomic mass is 9.92. The molecule has 0 saturated carbocycles. The second-order valence-electron chi connectivity index (χ2n) is 7.20. The average molecular weight is 372 g/mol. The Morgan fingerprint density at radius 2 is 2.00 bits per heavy atom. The number of carbonyl (C=O) groups is 2. The average Bonchev–Trinajstić information content (AvgIpc) is 2.88. The third kappa shape index (κ3) is 4.27. The number of amides is 1. The van der Waals surface area contributed by atoms with Gasteiger partial charge < -0.3 is 15.0 Å². The Morgan fingerprint density at radius 3 is 2.67 bits per heavy atom. The zero-order chi connectivity index (χ0) is 19.6. The molecule has 1 aromatic heterocycles. The van der Waals surface area contributed by atoms with Crippen LogP contribution in [0.3, 0.4) is 0 Å². The molecule has 144 valence electrons. The quantitative estimate of drug-likeness (QED) is 0.819. The standard InChI is InChI=1S/C21H25FN2O3/c1-13(25)11-23-20(27)10-17-14(2)24(12-15-6-8-16(22)9-7-15)18-4-3-5-19(26)21(17)18/h6-9,13,25H,3-5,10-12H2,1-2H3,(H,23,27)/t13-/m1/s1. The number of benzene rings is 1. The second-order valence-corrected chi connectivity index (χ2v) is 7.20. The van der Waals surface area contributed by atoms with Crippen molar-refractivity contribution in [2.45, 2.75) is 52.2 Å². The van der Waals surface area contributed by atoms with E-state index in [0.29, 0.717) is 18.5 Å². The third-order valence-electron chi connectivity index (χ3n) is 5.04. The summed E-state index contributed by atoms with van der Waals surface area (Å²) in [4.78, 5) is 24.9. The number of aliphatic hydroxyl groups excluding tert-OH is 1. The lowest BCUT2D eigenvalue weighted by molar-refractivity contribution is -0.120. The molecule has 1 aromatic carbocycles. The van der Waals surface area contributed by atoms with Gasteiger partial charge in [-0.3, -0.25) is 9.59 Å². The van der Waals surface area contributed by atoms with Crippen LogP contribution in [0.2, 0.25) is 0 Å². The van der Waals surface area contributed by atoms with E-state index in [1.54, 1.807) is 19.1 Å². The molecule has 5 nitrogen and oxygen atoms in total. The van der Waals surface area contributed by atoms with E-state index in [1.165, 1.54) is 12.1 Å². The smallest absolute Gasteiger partial charge is 0.224 e. The van der Waals surface area contributed by atoms with Crippen molar-refractivity contribution in [3.8, 4) is 0 Å². The topological polar surface area (TPSA) is 71.3 Å². The van der Waals surface area contributed by atoms with Crippen LogP contribution < -0.4 is 5.32 Å². The van der Waals surface area contributed by atoms with Gasteiger partial charge in [-0.05, 0) is 49.9 Å². The second kappa shape index (κ2) is 8.05. The molecule has 1 aliphatic carbocycles. The summed E-state index contributed by atoms with van der Waals surface area (Å²) < 4.78 is 15.3. The predicted molar refractivity (Wildman–Crippen MR) is 100 cm³/mol. The molecule has 1 amide bonds. The van der Waals surface area contributed by atoms with Crippen LogP contribution in [0.15, 0.2) is 24.3 Å². The van der Waals surface area contributed by atoms with Crippen molar-refractivity contribution in [2.24, 2.45) is 0 Å². The molecule has 0 spiro atoms. The molecule has 2 aromatic rings. The fourth-order valence-electron chi connectivity index (χ4n) is 3.67. The lowest BCUT2D eigenvalue weighted by Crippen LogP contribution is -2.32. The van der Waals surface area contributed by atoms with Crippen molar-refractivity contribution in [3.05, 3.63) is 58.2 Å². The Morgan fingerprint density at radius 1 is 1.30 bits per heavy atom. The van der Waals surface area contributed by atoms with Crippen LogP contribution >= 0.6 is 0 Å². The van der Waals surface area contributed by atoms with E-state index in [1.807, 2.05) is 6.92 Å². The van der Waals surface area contributed by atoms with Gasteiger partial charge in [0.05, 0.1) is 12.5 Å². The summed E-state index contributed by atoms with van der Waals surface area (Å²) in [5.74, 6) is -0.412. The first-order chi connectivity index (χ1) is 12.9. The molecule has 27 heavy (non-hydrogen) atoms. The van der Waals surface area contributed by atoms with Crippen molar-refractivity contribution >= 4 is 11.7 Å². The van der Waals surface area contributed by atoms with E-state index in [4.69, 9.17) is 0 Å². The molecule has 1 atom stereocenters. The first-order valence-electron chi connectivity index (χ1n) is 9.30. The van der Waals surface area contributed by atoms with Gasteiger partial charge in [0.15, 0.2) is 5.78 Å². The summed E-state index contributed by atoms with van der Waals surface area (Å²) in [6, 6.07) is 6.33. The van der Waals surface area contributed by atoms with Crippen LogP contribution in [-0.4, -0.2) is 34.0 Å². The summed E-state index contributed by atoms with van der Waals surface area (Å²) in [7, 11) is 0. The molecule has 1 aliphatic rings. The summed E-state index contributed by atoms with van der Waals surface area (Å²) >= 11 is 0. The van der Waals surface area contributed by atoms with E-state index in [2.05, 4.69) is 9.88 Å². The minimum absolute atomic E-state index is 0.0792. The lowest BCUT2D eigenvalue weighted by Gasteiger charge is -2.16. The van der Waals surface area contributed by atoms with Crippen LogP contribution in [-0.2, 0) is 24.2 Å². The summed E-state index contributed by atoms with van der Waals surface area (Å²) in [6.07, 6.45) is 1.58. The normalized spacial score (nSPS) is 14.7. The number of aliphatic hydroxyl groups is 1. The molecule has 0 bridgehead atoms. The molecular weight excluding hydrogens is 347 g/mol. The molecular formula is C21H25FN2O3. The van der Waals surface area contributed by atoms with E-state index < -0.39 is 6.10 Å². The van der Waals surface area contributed by atoms with E-state index in [-0.39, 0.29) is 30.5 Å². The Balaban J connectivity index is 1.93. The number of Topliss-reactive ketones (excluding diaryl/α,β-unsaturated/α-hetero) is 1. The van der Waals surface area contributed by atoms with Gasteiger partial charge in [0, 0.05) is 36.5 Å². The van der Waals surface area contributed by atoms with Gasteiger partial charge in [0.1, 0.15) is 5.82 Å². The highest BCUT2D eigenvalue weighted by Gasteiger charge is 2.29.